The van der Waals surface area contributed by atoms with Crippen molar-refractivity contribution in [3.05, 3.63) is 103 Å². The van der Waals surface area contributed by atoms with Crippen molar-refractivity contribution in [1.82, 2.24) is 0 Å². The maximum Gasteiger partial charge on any atom is 0.0546 e. The third-order valence-corrected chi connectivity index (χ3v) is 7.27. The summed E-state index contributed by atoms with van der Waals surface area (Å²) in [5, 5.41) is 5.39. The summed E-state index contributed by atoms with van der Waals surface area (Å²) in [7, 11) is 0. The molecule has 7 rings (SSSR count). The Hall–Kier alpha value is -3.62. The Balaban J connectivity index is 1.74. The van der Waals surface area contributed by atoms with Crippen LogP contribution in [0.1, 0.15) is 0 Å². The first kappa shape index (κ1) is 16.2. The largest absolute Gasteiger partial charge is 0.309 e. The van der Waals surface area contributed by atoms with Crippen LogP contribution in [0.3, 0.4) is 0 Å². The van der Waals surface area contributed by atoms with Crippen molar-refractivity contribution < 1.29 is 0 Å². The lowest BCUT2D eigenvalue weighted by atomic mass is 9.87. The molecule has 1 nitrogen and oxygen atoms in total. The van der Waals surface area contributed by atoms with E-state index in [0.29, 0.717) is 0 Å². The SMILES string of the molecule is c1ccc(N2c3ccccc3-c3c4c2cccc4cc2sc4ccccc4c32)cc1. The van der Waals surface area contributed by atoms with E-state index in [1.807, 2.05) is 11.3 Å². The van der Waals surface area contributed by atoms with E-state index in [9.17, 15) is 0 Å². The number of hydrogen-bond acceptors (Lipinski definition) is 2. The van der Waals surface area contributed by atoms with Crippen LogP contribution >= 0.6 is 11.3 Å². The summed E-state index contributed by atoms with van der Waals surface area (Å²) < 4.78 is 2.71. The molecule has 0 unspecified atom stereocenters. The first-order valence-corrected chi connectivity index (χ1v) is 11.0. The number of hydrogen-bond donors (Lipinski definition) is 0. The fraction of sp³-hybridized carbons (Fsp3) is 0. The average molecular weight is 400 g/mol. The second-order valence-electron chi connectivity index (χ2n) is 7.79. The number of rotatable bonds is 1. The summed E-state index contributed by atoms with van der Waals surface area (Å²) in [6.45, 7) is 0. The molecule has 0 aliphatic carbocycles. The lowest BCUT2D eigenvalue weighted by Gasteiger charge is -2.33. The van der Waals surface area contributed by atoms with E-state index in [-0.39, 0.29) is 0 Å². The highest BCUT2D eigenvalue weighted by Gasteiger charge is 2.28. The highest BCUT2D eigenvalue weighted by molar-refractivity contribution is 7.26. The molecular formula is C28H17NS. The van der Waals surface area contributed by atoms with E-state index < -0.39 is 0 Å². The summed E-state index contributed by atoms with van der Waals surface area (Å²) in [4.78, 5) is 2.41. The van der Waals surface area contributed by atoms with Gasteiger partial charge in [0.1, 0.15) is 0 Å². The molecule has 0 saturated carbocycles. The van der Waals surface area contributed by atoms with Gasteiger partial charge in [0.15, 0.2) is 0 Å². The third-order valence-electron chi connectivity index (χ3n) is 6.15. The van der Waals surface area contributed by atoms with E-state index in [0.717, 1.165) is 0 Å². The van der Waals surface area contributed by atoms with Gasteiger partial charge in [0.05, 0.1) is 11.4 Å². The van der Waals surface area contributed by atoms with E-state index in [1.54, 1.807) is 0 Å². The molecule has 1 aliphatic heterocycles. The molecule has 140 valence electrons. The Labute approximate surface area is 178 Å². The fourth-order valence-electron chi connectivity index (χ4n) is 4.96. The molecule has 1 aliphatic rings. The number of nitrogens with zero attached hydrogens (tertiary/aromatic N) is 1. The summed E-state index contributed by atoms with van der Waals surface area (Å²) in [5.41, 5.74) is 6.37. The van der Waals surface area contributed by atoms with Crippen LogP contribution in [0, 0.1) is 0 Å². The Morgan fingerprint density at radius 3 is 2.27 bits per heavy atom. The van der Waals surface area contributed by atoms with Crippen LogP contribution in [-0.2, 0) is 0 Å². The van der Waals surface area contributed by atoms with E-state index in [1.165, 1.54) is 59.1 Å². The third kappa shape index (κ3) is 2.06. The zero-order valence-corrected chi connectivity index (χ0v) is 17.0. The van der Waals surface area contributed by atoms with Crippen molar-refractivity contribution in [3.63, 3.8) is 0 Å². The number of fused-ring (bicyclic) bond motifs is 6. The van der Waals surface area contributed by atoms with Crippen LogP contribution < -0.4 is 4.90 Å². The molecule has 2 heterocycles. The molecule has 30 heavy (non-hydrogen) atoms. The van der Waals surface area contributed by atoms with Gasteiger partial charge in [0, 0.05) is 42.4 Å². The van der Waals surface area contributed by atoms with Crippen LogP contribution in [0.25, 0.3) is 42.1 Å². The minimum absolute atomic E-state index is 1.19. The topological polar surface area (TPSA) is 3.24 Å². The molecule has 0 spiro atoms. The van der Waals surface area contributed by atoms with Crippen LogP contribution in [-0.4, -0.2) is 0 Å². The Bertz CT molecular complexity index is 1590. The smallest absolute Gasteiger partial charge is 0.0546 e. The second kappa shape index (κ2) is 5.94. The summed E-state index contributed by atoms with van der Waals surface area (Å²) in [6, 6.07) is 37.4. The normalized spacial score (nSPS) is 12.6. The van der Waals surface area contributed by atoms with Gasteiger partial charge < -0.3 is 4.90 Å². The van der Waals surface area contributed by atoms with Crippen molar-refractivity contribution in [2.45, 2.75) is 0 Å². The van der Waals surface area contributed by atoms with Gasteiger partial charge in [-0.3, -0.25) is 0 Å². The van der Waals surface area contributed by atoms with Gasteiger partial charge in [-0.2, -0.15) is 0 Å². The molecule has 0 N–H and O–H groups in total. The van der Waals surface area contributed by atoms with Gasteiger partial charge in [-0.1, -0.05) is 66.7 Å². The Morgan fingerprint density at radius 1 is 0.567 bits per heavy atom. The second-order valence-corrected chi connectivity index (χ2v) is 8.87. The summed E-state index contributed by atoms with van der Waals surface area (Å²) in [5.74, 6) is 0. The van der Waals surface area contributed by atoms with E-state index in [4.69, 9.17) is 0 Å². The first-order valence-electron chi connectivity index (χ1n) is 10.2. The lowest BCUT2D eigenvalue weighted by Crippen LogP contribution is -2.14. The molecule has 0 atom stereocenters. The van der Waals surface area contributed by atoms with Crippen LogP contribution in [0.5, 0.6) is 0 Å². The van der Waals surface area contributed by atoms with Gasteiger partial charge in [-0.15, -0.1) is 11.3 Å². The van der Waals surface area contributed by atoms with Crippen LogP contribution in [0.15, 0.2) is 103 Å². The standard InChI is InChI=1S/C28H17NS/c1-2-10-19(11-3-1)29-22-14-6-4-12-20(22)28-26-18(9-8-15-23(26)29)17-25-27(28)21-13-5-7-16-24(21)30-25/h1-17H. The molecule has 5 aromatic carbocycles. The maximum absolute atomic E-state index is 2.41. The number of benzene rings is 5. The Kier molecular flexibility index (Phi) is 3.21. The van der Waals surface area contributed by atoms with E-state index in [2.05, 4.69) is 108 Å². The molecule has 6 aromatic rings. The summed E-state index contributed by atoms with van der Waals surface area (Å²) >= 11 is 1.89. The van der Waals surface area contributed by atoms with Gasteiger partial charge in [0.2, 0.25) is 0 Å². The number of anilines is 3. The Morgan fingerprint density at radius 2 is 1.33 bits per heavy atom. The van der Waals surface area contributed by atoms with Crippen molar-refractivity contribution in [3.8, 4) is 11.1 Å². The molecule has 0 saturated heterocycles. The fourth-order valence-corrected chi connectivity index (χ4v) is 6.12. The zero-order chi connectivity index (χ0) is 19.7. The van der Waals surface area contributed by atoms with Crippen molar-refractivity contribution in [2.75, 3.05) is 4.90 Å². The lowest BCUT2D eigenvalue weighted by molar-refractivity contribution is 1.29. The predicted molar refractivity (Wildman–Crippen MR) is 131 cm³/mol. The molecule has 0 radical (unpaired) electrons. The van der Waals surface area contributed by atoms with Crippen LogP contribution in [0.4, 0.5) is 17.1 Å². The van der Waals surface area contributed by atoms with Crippen molar-refractivity contribution in [1.29, 1.82) is 0 Å². The average Bonchev–Trinajstić information content (AvgIpc) is 3.17. The van der Waals surface area contributed by atoms with Crippen molar-refractivity contribution in [2.24, 2.45) is 0 Å². The minimum atomic E-state index is 1.19. The quantitative estimate of drug-likeness (QED) is 0.267. The monoisotopic (exact) mass is 399 g/mol. The molecule has 0 bridgehead atoms. The molecule has 0 amide bonds. The molecule has 1 aromatic heterocycles. The molecule has 2 heteroatoms. The predicted octanol–water partition coefficient (Wildman–Crippen LogP) is 8.66. The minimum Gasteiger partial charge on any atom is -0.309 e. The van der Waals surface area contributed by atoms with E-state index >= 15 is 0 Å². The summed E-state index contributed by atoms with van der Waals surface area (Å²) in [6.07, 6.45) is 0. The highest BCUT2D eigenvalue weighted by Crippen LogP contribution is 2.54. The number of thiophene rings is 1. The molecule has 0 fully saturated rings. The first-order chi connectivity index (χ1) is 14.9. The zero-order valence-electron chi connectivity index (χ0n) is 16.2. The van der Waals surface area contributed by atoms with Gasteiger partial charge >= 0.3 is 0 Å². The van der Waals surface area contributed by atoms with Gasteiger partial charge in [0.25, 0.3) is 0 Å². The van der Waals surface area contributed by atoms with Gasteiger partial charge in [-0.25, -0.2) is 0 Å². The van der Waals surface area contributed by atoms with Crippen molar-refractivity contribution >= 4 is 59.3 Å². The maximum atomic E-state index is 2.41. The number of para-hydroxylation sites is 2. The highest BCUT2D eigenvalue weighted by atomic mass is 32.1. The van der Waals surface area contributed by atoms with Gasteiger partial charge in [-0.05, 0) is 41.8 Å². The molecular weight excluding hydrogens is 382 g/mol. The van der Waals surface area contributed by atoms with Crippen LogP contribution in [0.2, 0.25) is 0 Å².